The number of aliphatic hydroxyl groups is 4. The number of ketones is 1. The molecule has 13 atom stereocenters. The highest BCUT2D eigenvalue weighted by Gasteiger charge is 2.61. The molecule has 0 aromatic carbocycles. The normalized spacial score (nSPS) is 47.9. The molecule has 0 aromatic heterocycles. The van der Waals surface area contributed by atoms with Crippen LogP contribution in [-0.2, 0) is 14.3 Å². The second-order valence-electron chi connectivity index (χ2n) is 15.0. The highest BCUT2D eigenvalue weighted by molar-refractivity contribution is 5.94. The van der Waals surface area contributed by atoms with Gasteiger partial charge in [0.25, 0.3) is 0 Å². The predicted octanol–water partition coefficient (Wildman–Crippen LogP) is 4.39. The smallest absolute Gasteiger partial charge is 0.186 e. The van der Waals surface area contributed by atoms with Crippen LogP contribution in [-0.4, -0.2) is 69.6 Å². The Balaban J connectivity index is 1.28. The number of carbonyl (C=O) groups excluding carboxylic acids is 1. The van der Waals surface area contributed by atoms with E-state index in [1.54, 1.807) is 0 Å². The summed E-state index contributed by atoms with van der Waals surface area (Å²) < 4.78 is 11.7. The standard InChI is InChI=1S/C33H54O7/c1-18(2)7-6-8-19(3)22-9-10-23-27-24(12-14-33(22,23)5)32(4)13-11-21(15-20(32)16-25(27)35)39-31-30(38)29(37)28(36)26(17-34)40-31/h16,18-19,21-24,26-31,34,36-38H,6-15,17H2,1-5H3/t19-,21+,22-,23+,24+,26-,27+,28+,29-,30-,31+,32+,33-/m1/s1. The molecule has 0 bridgehead atoms. The number of carbonyl (C=O) groups is 1. The Bertz CT molecular complexity index is 947. The number of allylic oxidation sites excluding steroid dienone is 1. The summed E-state index contributed by atoms with van der Waals surface area (Å²) in [6.07, 6.45) is 6.21. The van der Waals surface area contributed by atoms with Crippen molar-refractivity contribution < 1.29 is 34.7 Å². The van der Waals surface area contributed by atoms with Gasteiger partial charge in [-0.1, -0.05) is 59.5 Å². The molecule has 0 radical (unpaired) electrons. The van der Waals surface area contributed by atoms with Crippen LogP contribution in [0.4, 0.5) is 0 Å². The van der Waals surface area contributed by atoms with Crippen LogP contribution in [0.2, 0.25) is 0 Å². The average molecular weight is 563 g/mol. The molecule has 4 N–H and O–H groups in total. The molecular weight excluding hydrogens is 508 g/mol. The topological polar surface area (TPSA) is 116 Å². The van der Waals surface area contributed by atoms with Gasteiger partial charge in [-0.2, -0.15) is 0 Å². The second kappa shape index (κ2) is 11.7. The quantitative estimate of drug-likeness (QED) is 0.347. The van der Waals surface area contributed by atoms with Crippen LogP contribution in [0, 0.1) is 46.3 Å². The van der Waals surface area contributed by atoms with Gasteiger partial charge < -0.3 is 29.9 Å². The number of ether oxygens (including phenoxy) is 2. The molecule has 1 saturated heterocycles. The van der Waals surface area contributed by atoms with Crippen LogP contribution >= 0.6 is 0 Å². The maximum atomic E-state index is 13.9. The van der Waals surface area contributed by atoms with E-state index < -0.39 is 37.3 Å². The number of fused-ring (bicyclic) bond motifs is 5. The molecule has 5 aliphatic rings. The van der Waals surface area contributed by atoms with Gasteiger partial charge in [-0.25, -0.2) is 0 Å². The zero-order chi connectivity index (χ0) is 29.0. The van der Waals surface area contributed by atoms with Gasteiger partial charge in [-0.15, -0.1) is 0 Å². The van der Waals surface area contributed by atoms with Gasteiger partial charge in [0.05, 0.1) is 12.7 Å². The van der Waals surface area contributed by atoms with Crippen LogP contribution < -0.4 is 0 Å². The minimum atomic E-state index is -1.45. The average Bonchev–Trinajstić information content (AvgIpc) is 3.26. The van der Waals surface area contributed by atoms with Gasteiger partial charge in [0.2, 0.25) is 0 Å². The fourth-order valence-electron chi connectivity index (χ4n) is 9.88. The van der Waals surface area contributed by atoms with Gasteiger partial charge in [0.1, 0.15) is 24.4 Å². The number of rotatable bonds is 8. The maximum absolute atomic E-state index is 13.9. The van der Waals surface area contributed by atoms with Crippen LogP contribution in [0.15, 0.2) is 11.6 Å². The van der Waals surface area contributed by atoms with Crippen molar-refractivity contribution in [3.8, 4) is 0 Å². The van der Waals surface area contributed by atoms with E-state index in [2.05, 4.69) is 34.6 Å². The lowest BCUT2D eigenvalue weighted by molar-refractivity contribution is -0.313. The minimum absolute atomic E-state index is 0.0316. The maximum Gasteiger partial charge on any atom is 0.186 e. The number of hydrogen-bond donors (Lipinski definition) is 4. The molecule has 0 amide bonds. The fraction of sp³-hybridized carbons (Fsp3) is 0.909. The Morgan fingerprint density at radius 2 is 1.73 bits per heavy atom. The summed E-state index contributed by atoms with van der Waals surface area (Å²) in [7, 11) is 0. The first-order valence-electron chi connectivity index (χ1n) is 16.1. The number of hydrogen-bond acceptors (Lipinski definition) is 7. The summed E-state index contributed by atoms with van der Waals surface area (Å²) in [6.45, 7) is 11.5. The van der Waals surface area contributed by atoms with E-state index in [9.17, 15) is 25.2 Å². The van der Waals surface area contributed by atoms with Crippen LogP contribution in [0.25, 0.3) is 0 Å². The van der Waals surface area contributed by atoms with Crippen molar-refractivity contribution in [2.24, 2.45) is 46.3 Å². The molecular formula is C33H54O7. The van der Waals surface area contributed by atoms with Crippen molar-refractivity contribution >= 4 is 5.78 Å². The third-order valence-corrected chi connectivity index (χ3v) is 12.3. The lowest BCUT2D eigenvalue weighted by Crippen LogP contribution is -2.60. The fourth-order valence-corrected chi connectivity index (χ4v) is 9.88. The summed E-state index contributed by atoms with van der Waals surface area (Å²) in [6, 6.07) is 0. The van der Waals surface area contributed by atoms with Crippen LogP contribution in [0.3, 0.4) is 0 Å². The monoisotopic (exact) mass is 562 g/mol. The van der Waals surface area contributed by atoms with Crippen molar-refractivity contribution in [2.75, 3.05) is 6.61 Å². The van der Waals surface area contributed by atoms with Crippen molar-refractivity contribution in [2.45, 2.75) is 136 Å². The van der Waals surface area contributed by atoms with Crippen molar-refractivity contribution in [1.29, 1.82) is 0 Å². The van der Waals surface area contributed by atoms with Gasteiger partial charge in [-0.3, -0.25) is 4.79 Å². The first-order chi connectivity index (χ1) is 18.9. The van der Waals surface area contributed by atoms with Crippen molar-refractivity contribution in [3.63, 3.8) is 0 Å². The highest BCUT2D eigenvalue weighted by Crippen LogP contribution is 2.66. The van der Waals surface area contributed by atoms with Crippen LogP contribution in [0.1, 0.15) is 98.8 Å². The molecule has 4 aliphatic carbocycles. The molecule has 1 aliphatic heterocycles. The third-order valence-electron chi connectivity index (χ3n) is 12.3. The van der Waals surface area contributed by atoms with E-state index in [0.717, 1.165) is 30.8 Å². The summed E-state index contributed by atoms with van der Waals surface area (Å²) in [5.74, 6) is 3.42. The summed E-state index contributed by atoms with van der Waals surface area (Å²) >= 11 is 0. The summed E-state index contributed by atoms with van der Waals surface area (Å²) in [5, 5.41) is 40.3. The molecule has 228 valence electrons. The summed E-state index contributed by atoms with van der Waals surface area (Å²) in [4.78, 5) is 13.9. The van der Waals surface area contributed by atoms with E-state index in [0.29, 0.717) is 35.9 Å². The molecule has 0 spiro atoms. The second-order valence-corrected chi connectivity index (χ2v) is 15.0. The Hall–Kier alpha value is -0.830. The lowest BCUT2D eigenvalue weighted by atomic mass is 9.46. The highest BCUT2D eigenvalue weighted by atomic mass is 16.7. The van der Waals surface area contributed by atoms with Crippen LogP contribution in [0.5, 0.6) is 0 Å². The molecule has 4 fully saturated rings. The third kappa shape index (κ3) is 5.26. The largest absolute Gasteiger partial charge is 0.394 e. The Morgan fingerprint density at radius 3 is 2.42 bits per heavy atom. The van der Waals surface area contributed by atoms with E-state index in [-0.39, 0.29) is 22.9 Å². The van der Waals surface area contributed by atoms with Gasteiger partial charge in [-0.05, 0) is 91.4 Å². The first-order valence-corrected chi connectivity index (χ1v) is 16.1. The molecule has 7 nitrogen and oxygen atoms in total. The Morgan fingerprint density at radius 1 is 0.975 bits per heavy atom. The molecule has 1 heterocycles. The minimum Gasteiger partial charge on any atom is -0.394 e. The lowest BCUT2D eigenvalue weighted by Gasteiger charge is -2.58. The van der Waals surface area contributed by atoms with Gasteiger partial charge in [0.15, 0.2) is 12.1 Å². The van der Waals surface area contributed by atoms with Crippen molar-refractivity contribution in [1.82, 2.24) is 0 Å². The molecule has 0 aromatic rings. The zero-order valence-electron chi connectivity index (χ0n) is 25.3. The van der Waals surface area contributed by atoms with E-state index in [1.165, 1.54) is 38.5 Å². The van der Waals surface area contributed by atoms with Gasteiger partial charge >= 0.3 is 0 Å². The summed E-state index contributed by atoms with van der Waals surface area (Å²) in [5.41, 5.74) is 1.37. The molecule has 3 saturated carbocycles. The molecule has 40 heavy (non-hydrogen) atoms. The number of aliphatic hydroxyl groups excluding tert-OH is 4. The zero-order valence-corrected chi connectivity index (χ0v) is 25.3. The van der Waals surface area contributed by atoms with Crippen molar-refractivity contribution in [3.05, 3.63) is 11.6 Å². The molecule has 5 rings (SSSR count). The molecule has 7 heteroatoms. The van der Waals surface area contributed by atoms with E-state index >= 15 is 0 Å². The Kier molecular flexibility index (Phi) is 8.95. The van der Waals surface area contributed by atoms with E-state index in [1.807, 2.05) is 6.08 Å². The Labute approximate surface area is 240 Å². The molecule has 0 unspecified atom stereocenters. The predicted molar refractivity (Wildman–Crippen MR) is 152 cm³/mol. The SMILES string of the molecule is CC(C)CCC[C@@H](C)[C@H]1CC[C@H]2[C@@H]3C(=O)C=C4C[C@@H](O[C@H]5O[C@H](CO)[C@H](O)[C@@H](O)[C@H]5O)CC[C@]4(C)[C@H]3CC[C@]12C. The first kappa shape index (κ1) is 30.6. The van der Waals surface area contributed by atoms with Gasteiger partial charge in [0, 0.05) is 5.92 Å². The van der Waals surface area contributed by atoms with E-state index in [4.69, 9.17) is 9.47 Å².